The Balaban J connectivity index is 3.01. The van der Waals surface area contributed by atoms with Gasteiger partial charge in [0.05, 0.1) is 12.6 Å². The molecule has 0 aromatic carbocycles. The van der Waals surface area contributed by atoms with Crippen molar-refractivity contribution in [2.45, 2.75) is 33.7 Å². The van der Waals surface area contributed by atoms with Crippen molar-refractivity contribution in [2.75, 3.05) is 6.61 Å². The van der Waals surface area contributed by atoms with Crippen molar-refractivity contribution >= 4 is 11.8 Å². The van der Waals surface area contributed by atoms with Crippen LogP contribution < -0.4 is 0 Å². The third-order valence-corrected chi connectivity index (χ3v) is 2.93. The second kappa shape index (κ2) is 4.14. The van der Waals surface area contributed by atoms with Gasteiger partial charge in [-0.15, -0.1) is 0 Å². The predicted molar refractivity (Wildman–Crippen MR) is 55.9 cm³/mol. The van der Waals surface area contributed by atoms with E-state index in [0.717, 1.165) is 0 Å². The first-order valence-electron chi connectivity index (χ1n) is 5.08. The van der Waals surface area contributed by atoms with Crippen LogP contribution in [0.3, 0.4) is 0 Å². The molecular formula is C11H17NO3. The maximum atomic E-state index is 11.8. The smallest absolute Gasteiger partial charge is 0.257 e. The van der Waals surface area contributed by atoms with Crippen LogP contribution in [0.25, 0.3) is 0 Å². The van der Waals surface area contributed by atoms with Crippen molar-refractivity contribution in [2.24, 2.45) is 5.92 Å². The van der Waals surface area contributed by atoms with Gasteiger partial charge in [0.2, 0.25) is 0 Å². The maximum absolute atomic E-state index is 11.8. The average molecular weight is 211 g/mol. The lowest BCUT2D eigenvalue weighted by atomic mass is 10.0. The highest BCUT2D eigenvalue weighted by molar-refractivity contribution is 6.19. The lowest BCUT2D eigenvalue weighted by Gasteiger charge is -2.28. The van der Waals surface area contributed by atoms with E-state index in [1.807, 2.05) is 13.8 Å². The van der Waals surface area contributed by atoms with Crippen molar-refractivity contribution in [1.29, 1.82) is 0 Å². The van der Waals surface area contributed by atoms with Crippen LogP contribution in [-0.2, 0) is 9.59 Å². The monoisotopic (exact) mass is 211 g/mol. The van der Waals surface area contributed by atoms with Gasteiger partial charge in [-0.2, -0.15) is 0 Å². The molecule has 0 unspecified atom stereocenters. The minimum absolute atomic E-state index is 0.0570. The SMILES string of the molecule is CC1=C(C)C(=O)N([C@@H](CO)C(C)C)C1=O. The van der Waals surface area contributed by atoms with Gasteiger partial charge < -0.3 is 5.11 Å². The Hall–Kier alpha value is -1.16. The van der Waals surface area contributed by atoms with E-state index in [-0.39, 0.29) is 24.3 Å². The van der Waals surface area contributed by atoms with Gasteiger partial charge in [0, 0.05) is 11.1 Å². The van der Waals surface area contributed by atoms with Crippen LogP contribution in [0.4, 0.5) is 0 Å². The molecule has 1 heterocycles. The first kappa shape index (κ1) is 11.9. The second-order valence-electron chi connectivity index (χ2n) is 4.22. The fourth-order valence-electron chi connectivity index (χ4n) is 1.67. The Morgan fingerprint density at radius 2 is 1.53 bits per heavy atom. The summed E-state index contributed by atoms with van der Waals surface area (Å²) in [4.78, 5) is 24.7. The largest absolute Gasteiger partial charge is 0.394 e. The third-order valence-electron chi connectivity index (χ3n) is 2.93. The number of aliphatic hydroxyl groups is 1. The predicted octanol–water partition coefficient (Wildman–Crippen LogP) is 0.708. The Bertz CT molecular complexity index is 307. The minimum atomic E-state index is -0.419. The van der Waals surface area contributed by atoms with Gasteiger partial charge in [0.15, 0.2) is 0 Å². The highest BCUT2D eigenvalue weighted by Gasteiger charge is 2.38. The second-order valence-corrected chi connectivity index (χ2v) is 4.22. The summed E-state index contributed by atoms with van der Waals surface area (Å²) in [6, 6.07) is -0.419. The molecule has 0 saturated heterocycles. The molecule has 0 saturated carbocycles. The van der Waals surface area contributed by atoms with E-state index in [4.69, 9.17) is 0 Å². The van der Waals surface area contributed by atoms with Crippen LogP contribution in [0.1, 0.15) is 27.7 Å². The van der Waals surface area contributed by atoms with Crippen molar-refractivity contribution < 1.29 is 14.7 Å². The molecule has 0 radical (unpaired) electrons. The molecule has 1 N–H and O–H groups in total. The Morgan fingerprint density at radius 3 is 1.80 bits per heavy atom. The van der Waals surface area contributed by atoms with Crippen LogP contribution >= 0.6 is 0 Å². The molecule has 0 spiro atoms. The Kier molecular flexibility index (Phi) is 3.29. The van der Waals surface area contributed by atoms with Crippen LogP contribution in [0.2, 0.25) is 0 Å². The molecule has 4 nitrogen and oxygen atoms in total. The van der Waals surface area contributed by atoms with Crippen LogP contribution in [0.15, 0.2) is 11.1 Å². The summed E-state index contributed by atoms with van der Waals surface area (Å²) >= 11 is 0. The standard InChI is InChI=1S/C11H17NO3/c1-6(2)9(5-13)12-10(14)7(3)8(4)11(12)15/h6,9,13H,5H2,1-4H3/t9-/m0/s1. The maximum Gasteiger partial charge on any atom is 0.257 e. The van der Waals surface area contributed by atoms with Crippen LogP contribution in [-0.4, -0.2) is 34.5 Å². The fourth-order valence-corrected chi connectivity index (χ4v) is 1.67. The number of imide groups is 1. The quantitative estimate of drug-likeness (QED) is 0.699. The summed E-state index contributed by atoms with van der Waals surface area (Å²) in [5.41, 5.74) is 0.971. The molecule has 2 amide bonds. The van der Waals surface area contributed by atoms with Gasteiger partial charge >= 0.3 is 0 Å². The van der Waals surface area contributed by atoms with Crippen molar-refractivity contribution in [3.05, 3.63) is 11.1 Å². The molecular weight excluding hydrogens is 194 g/mol. The summed E-state index contributed by atoms with van der Waals surface area (Å²) in [7, 11) is 0. The highest BCUT2D eigenvalue weighted by atomic mass is 16.3. The van der Waals surface area contributed by atoms with Gasteiger partial charge in [-0.1, -0.05) is 13.8 Å². The molecule has 0 fully saturated rings. The number of carbonyl (C=O) groups is 2. The van der Waals surface area contributed by atoms with Gasteiger partial charge in [-0.3, -0.25) is 14.5 Å². The summed E-state index contributed by atoms with van der Waals surface area (Å²) in [5, 5.41) is 9.20. The fraction of sp³-hybridized carbons (Fsp3) is 0.636. The number of hydrogen-bond acceptors (Lipinski definition) is 3. The van der Waals surface area contributed by atoms with Crippen molar-refractivity contribution in [3.63, 3.8) is 0 Å². The Labute approximate surface area is 89.6 Å². The molecule has 0 aromatic rings. The summed E-state index contributed by atoms with van der Waals surface area (Å²) < 4.78 is 0. The van der Waals surface area contributed by atoms with E-state index in [1.54, 1.807) is 13.8 Å². The summed E-state index contributed by atoms with van der Waals surface area (Å²) in [6.07, 6.45) is 0. The molecule has 1 aliphatic rings. The number of rotatable bonds is 3. The number of carbonyl (C=O) groups excluding carboxylic acids is 2. The zero-order valence-corrected chi connectivity index (χ0v) is 9.57. The van der Waals surface area contributed by atoms with E-state index in [9.17, 15) is 14.7 Å². The van der Waals surface area contributed by atoms with Gasteiger partial charge in [0.1, 0.15) is 0 Å². The van der Waals surface area contributed by atoms with E-state index in [0.29, 0.717) is 11.1 Å². The first-order chi connectivity index (χ1) is 6.91. The highest BCUT2D eigenvalue weighted by Crippen LogP contribution is 2.24. The number of aliphatic hydroxyl groups excluding tert-OH is 1. The van der Waals surface area contributed by atoms with E-state index < -0.39 is 6.04 Å². The molecule has 1 aliphatic heterocycles. The van der Waals surface area contributed by atoms with Crippen LogP contribution in [0, 0.1) is 5.92 Å². The lowest BCUT2D eigenvalue weighted by Crippen LogP contribution is -2.46. The molecule has 1 rings (SSSR count). The van der Waals surface area contributed by atoms with Gasteiger partial charge in [0.25, 0.3) is 11.8 Å². The summed E-state index contributed by atoms with van der Waals surface area (Å²) in [6.45, 7) is 6.86. The van der Waals surface area contributed by atoms with Crippen molar-refractivity contribution in [1.82, 2.24) is 4.90 Å². The van der Waals surface area contributed by atoms with Crippen molar-refractivity contribution in [3.8, 4) is 0 Å². The normalized spacial score (nSPS) is 19.5. The number of amides is 2. The molecule has 0 aliphatic carbocycles. The molecule has 0 aromatic heterocycles. The average Bonchev–Trinajstić information content (AvgIpc) is 2.36. The van der Waals surface area contributed by atoms with Crippen LogP contribution in [0.5, 0.6) is 0 Å². The minimum Gasteiger partial charge on any atom is -0.394 e. The topological polar surface area (TPSA) is 57.6 Å². The molecule has 4 heteroatoms. The molecule has 0 bridgehead atoms. The van der Waals surface area contributed by atoms with E-state index in [2.05, 4.69) is 0 Å². The first-order valence-corrected chi connectivity index (χ1v) is 5.08. The van der Waals surface area contributed by atoms with Gasteiger partial charge in [-0.05, 0) is 19.8 Å². The molecule has 1 atom stereocenters. The Morgan fingerprint density at radius 1 is 1.13 bits per heavy atom. The number of nitrogens with zero attached hydrogens (tertiary/aromatic N) is 1. The summed E-state index contributed by atoms with van der Waals surface area (Å²) in [5.74, 6) is -0.489. The van der Waals surface area contributed by atoms with Gasteiger partial charge in [-0.25, -0.2) is 0 Å². The zero-order valence-electron chi connectivity index (χ0n) is 9.57. The number of hydrogen-bond donors (Lipinski definition) is 1. The zero-order chi connectivity index (χ0) is 11.7. The van der Waals surface area contributed by atoms with E-state index >= 15 is 0 Å². The molecule has 15 heavy (non-hydrogen) atoms. The third kappa shape index (κ3) is 1.81. The van der Waals surface area contributed by atoms with E-state index in [1.165, 1.54) is 4.90 Å². The lowest BCUT2D eigenvalue weighted by molar-refractivity contribution is -0.142. The molecule has 84 valence electrons.